The Morgan fingerprint density at radius 2 is 2.00 bits per heavy atom. The van der Waals surface area contributed by atoms with E-state index < -0.39 is 0 Å². The fourth-order valence-electron chi connectivity index (χ4n) is 2.44. The largest absolute Gasteiger partial charge is 0.344 e. The molecule has 0 radical (unpaired) electrons. The second-order valence-electron chi connectivity index (χ2n) is 5.83. The normalized spacial score (nSPS) is 19.7. The third-order valence-electron chi connectivity index (χ3n) is 3.97. The first kappa shape index (κ1) is 19.2. The molecule has 1 fully saturated rings. The van der Waals surface area contributed by atoms with Crippen molar-refractivity contribution in [3.05, 3.63) is 0 Å². The highest BCUT2D eigenvalue weighted by Crippen LogP contribution is 2.19. The SMILES string of the molecule is CC(=O)N1CCCC1C(=O)N(C)CCC(N)C(C)C.Cl. The van der Waals surface area contributed by atoms with Gasteiger partial charge < -0.3 is 15.5 Å². The van der Waals surface area contributed by atoms with Crippen molar-refractivity contribution in [3.63, 3.8) is 0 Å². The van der Waals surface area contributed by atoms with Crippen LogP contribution in [-0.4, -0.2) is 53.8 Å². The molecule has 2 atom stereocenters. The molecule has 2 unspecified atom stereocenters. The van der Waals surface area contributed by atoms with E-state index in [1.807, 2.05) is 0 Å². The van der Waals surface area contributed by atoms with Crippen LogP contribution in [0.15, 0.2) is 0 Å². The molecule has 2 amide bonds. The summed E-state index contributed by atoms with van der Waals surface area (Å²) in [5, 5.41) is 0. The van der Waals surface area contributed by atoms with Crippen LogP contribution >= 0.6 is 12.4 Å². The van der Waals surface area contributed by atoms with Crippen molar-refractivity contribution in [2.75, 3.05) is 20.1 Å². The molecule has 1 aliphatic heterocycles. The smallest absolute Gasteiger partial charge is 0.245 e. The third-order valence-corrected chi connectivity index (χ3v) is 3.97. The van der Waals surface area contributed by atoms with Gasteiger partial charge in [-0.2, -0.15) is 0 Å². The highest BCUT2D eigenvalue weighted by molar-refractivity contribution is 5.87. The zero-order valence-corrected chi connectivity index (χ0v) is 13.8. The molecule has 118 valence electrons. The Balaban J connectivity index is 0.00000361. The van der Waals surface area contributed by atoms with Crippen LogP contribution in [0.2, 0.25) is 0 Å². The average Bonchev–Trinajstić information content (AvgIpc) is 2.83. The molecule has 0 aromatic rings. The molecule has 1 aliphatic rings. The number of likely N-dealkylation sites (tertiary alicyclic amines) is 1. The molecule has 1 rings (SSSR count). The van der Waals surface area contributed by atoms with Gasteiger partial charge >= 0.3 is 0 Å². The van der Waals surface area contributed by atoms with Gasteiger partial charge in [-0.25, -0.2) is 0 Å². The minimum atomic E-state index is -0.266. The Hall–Kier alpha value is -0.810. The van der Waals surface area contributed by atoms with Crippen LogP contribution in [0, 0.1) is 5.92 Å². The number of hydrogen-bond donors (Lipinski definition) is 1. The molecule has 5 nitrogen and oxygen atoms in total. The number of carbonyl (C=O) groups is 2. The van der Waals surface area contributed by atoms with Gasteiger partial charge in [-0.05, 0) is 25.2 Å². The number of hydrogen-bond acceptors (Lipinski definition) is 3. The van der Waals surface area contributed by atoms with E-state index in [9.17, 15) is 9.59 Å². The van der Waals surface area contributed by atoms with Gasteiger partial charge in [0.25, 0.3) is 0 Å². The number of rotatable bonds is 5. The Morgan fingerprint density at radius 3 is 2.50 bits per heavy atom. The Kier molecular flexibility index (Phi) is 8.13. The second kappa shape index (κ2) is 8.47. The van der Waals surface area contributed by atoms with Crippen molar-refractivity contribution in [2.24, 2.45) is 11.7 Å². The van der Waals surface area contributed by atoms with Crippen molar-refractivity contribution < 1.29 is 9.59 Å². The zero-order chi connectivity index (χ0) is 14.6. The van der Waals surface area contributed by atoms with Crippen molar-refractivity contribution in [1.82, 2.24) is 9.80 Å². The maximum atomic E-state index is 12.3. The van der Waals surface area contributed by atoms with Crippen LogP contribution in [0.25, 0.3) is 0 Å². The lowest BCUT2D eigenvalue weighted by Crippen LogP contribution is -2.46. The molecule has 0 saturated carbocycles. The lowest BCUT2D eigenvalue weighted by Gasteiger charge is -2.28. The van der Waals surface area contributed by atoms with Crippen LogP contribution in [0.5, 0.6) is 0 Å². The first-order valence-electron chi connectivity index (χ1n) is 7.12. The van der Waals surface area contributed by atoms with Gasteiger partial charge in [0.05, 0.1) is 0 Å². The predicted octanol–water partition coefficient (Wildman–Crippen LogP) is 1.25. The van der Waals surface area contributed by atoms with Crippen LogP contribution in [0.1, 0.15) is 40.0 Å². The van der Waals surface area contributed by atoms with Gasteiger partial charge in [-0.3, -0.25) is 9.59 Å². The molecule has 0 spiro atoms. The molecule has 1 saturated heterocycles. The van der Waals surface area contributed by atoms with Crippen molar-refractivity contribution in [2.45, 2.75) is 52.1 Å². The summed E-state index contributed by atoms with van der Waals surface area (Å²) in [5.41, 5.74) is 5.99. The second-order valence-corrected chi connectivity index (χ2v) is 5.83. The minimum Gasteiger partial charge on any atom is -0.344 e. The van der Waals surface area contributed by atoms with Gasteiger partial charge in [0.15, 0.2) is 0 Å². The Morgan fingerprint density at radius 1 is 1.40 bits per heavy atom. The highest BCUT2D eigenvalue weighted by Gasteiger charge is 2.33. The molecule has 0 aromatic carbocycles. The summed E-state index contributed by atoms with van der Waals surface area (Å²) >= 11 is 0. The number of halogens is 1. The number of amides is 2. The Bertz CT molecular complexity index is 336. The molecular formula is C14H28ClN3O2. The number of nitrogens with two attached hydrogens (primary N) is 1. The highest BCUT2D eigenvalue weighted by atomic mass is 35.5. The van der Waals surface area contributed by atoms with Gasteiger partial charge in [-0.1, -0.05) is 13.8 Å². The van der Waals surface area contributed by atoms with Crippen LogP contribution in [-0.2, 0) is 9.59 Å². The number of carbonyl (C=O) groups excluding carboxylic acids is 2. The lowest BCUT2D eigenvalue weighted by atomic mass is 10.0. The van der Waals surface area contributed by atoms with Crippen molar-refractivity contribution in [3.8, 4) is 0 Å². The fourth-order valence-corrected chi connectivity index (χ4v) is 2.44. The van der Waals surface area contributed by atoms with E-state index in [1.54, 1.807) is 16.8 Å². The monoisotopic (exact) mass is 305 g/mol. The summed E-state index contributed by atoms with van der Waals surface area (Å²) in [6.07, 6.45) is 2.49. The van der Waals surface area contributed by atoms with Crippen LogP contribution in [0.3, 0.4) is 0 Å². The summed E-state index contributed by atoms with van der Waals surface area (Å²) in [6.45, 7) is 7.05. The van der Waals surface area contributed by atoms with E-state index >= 15 is 0 Å². The average molecular weight is 306 g/mol. The van der Waals surface area contributed by atoms with E-state index in [2.05, 4.69) is 13.8 Å². The van der Waals surface area contributed by atoms with E-state index in [0.29, 0.717) is 19.0 Å². The van der Waals surface area contributed by atoms with Gasteiger partial charge in [-0.15, -0.1) is 12.4 Å². The third kappa shape index (κ3) is 4.94. The molecular weight excluding hydrogens is 278 g/mol. The van der Waals surface area contributed by atoms with Gasteiger partial charge in [0.1, 0.15) is 6.04 Å². The first-order valence-corrected chi connectivity index (χ1v) is 7.12. The summed E-state index contributed by atoms with van der Waals surface area (Å²) in [7, 11) is 1.80. The first-order chi connectivity index (χ1) is 8.84. The molecule has 20 heavy (non-hydrogen) atoms. The predicted molar refractivity (Wildman–Crippen MR) is 82.7 cm³/mol. The quantitative estimate of drug-likeness (QED) is 0.831. The van der Waals surface area contributed by atoms with E-state index in [-0.39, 0.29) is 36.3 Å². The van der Waals surface area contributed by atoms with Crippen molar-refractivity contribution >= 4 is 24.2 Å². The van der Waals surface area contributed by atoms with Gasteiger partial charge in [0, 0.05) is 33.1 Å². The number of likely N-dealkylation sites (N-methyl/N-ethyl adjacent to an activating group) is 1. The van der Waals surface area contributed by atoms with E-state index in [4.69, 9.17) is 5.73 Å². The lowest BCUT2D eigenvalue weighted by molar-refractivity contribution is -0.142. The molecule has 6 heteroatoms. The van der Waals surface area contributed by atoms with Gasteiger partial charge in [0.2, 0.25) is 11.8 Å². The molecule has 2 N–H and O–H groups in total. The summed E-state index contributed by atoms with van der Waals surface area (Å²) < 4.78 is 0. The van der Waals surface area contributed by atoms with Crippen LogP contribution in [0.4, 0.5) is 0 Å². The summed E-state index contributed by atoms with van der Waals surface area (Å²) in [6, 6.07) is -0.152. The maximum absolute atomic E-state index is 12.3. The van der Waals surface area contributed by atoms with E-state index in [1.165, 1.54) is 6.92 Å². The molecule has 0 aliphatic carbocycles. The summed E-state index contributed by atoms with van der Waals surface area (Å²) in [4.78, 5) is 27.2. The van der Waals surface area contributed by atoms with Crippen LogP contribution < -0.4 is 5.73 Å². The number of nitrogens with zero attached hydrogens (tertiary/aromatic N) is 2. The molecule has 0 bridgehead atoms. The van der Waals surface area contributed by atoms with E-state index in [0.717, 1.165) is 19.3 Å². The fraction of sp³-hybridized carbons (Fsp3) is 0.857. The standard InChI is InChI=1S/C14H27N3O2.ClH/c1-10(2)12(15)7-9-16(4)14(19)13-6-5-8-17(13)11(3)18;/h10,12-13H,5-9,15H2,1-4H3;1H. The topological polar surface area (TPSA) is 66.6 Å². The molecule has 1 heterocycles. The molecule has 0 aromatic heterocycles. The minimum absolute atomic E-state index is 0. The zero-order valence-electron chi connectivity index (χ0n) is 13.0. The Labute approximate surface area is 128 Å². The summed E-state index contributed by atoms with van der Waals surface area (Å²) in [5.74, 6) is 0.454. The van der Waals surface area contributed by atoms with Crippen molar-refractivity contribution in [1.29, 1.82) is 0 Å². The maximum Gasteiger partial charge on any atom is 0.245 e.